The number of imidazole rings is 2. The number of likely N-dealkylation sites (tertiary alicyclic amines) is 1. The van der Waals surface area contributed by atoms with Gasteiger partial charge in [-0.25, -0.2) is 14.8 Å². The molecule has 0 unspecified atom stereocenters. The summed E-state index contributed by atoms with van der Waals surface area (Å²) in [5.41, 5.74) is 6.68. The Labute approximate surface area is 244 Å². The molecular formula is C34H34N6O2. The van der Waals surface area contributed by atoms with Crippen molar-refractivity contribution in [3.8, 4) is 33.6 Å². The molecule has 8 nitrogen and oxygen atoms in total. The molecular weight excluding hydrogens is 524 g/mol. The normalized spacial score (nSPS) is 20.3. The summed E-state index contributed by atoms with van der Waals surface area (Å²) in [4.78, 5) is 30.2. The lowest BCUT2D eigenvalue weighted by molar-refractivity contribution is 0.0963. The molecule has 0 radical (unpaired) electrons. The van der Waals surface area contributed by atoms with Crippen LogP contribution in [0.15, 0.2) is 91.3 Å². The molecule has 2 atom stereocenters. The second-order valence-corrected chi connectivity index (χ2v) is 11.4. The van der Waals surface area contributed by atoms with E-state index in [4.69, 9.17) is 4.98 Å². The molecule has 0 saturated carbocycles. The number of aromatic nitrogens is 4. The number of amides is 1. The van der Waals surface area contributed by atoms with E-state index in [1.807, 2.05) is 30.6 Å². The van der Waals surface area contributed by atoms with Crippen LogP contribution in [-0.4, -0.2) is 49.1 Å². The predicted octanol–water partition coefficient (Wildman–Crippen LogP) is 6.77. The third kappa shape index (κ3) is 4.88. The monoisotopic (exact) mass is 558 g/mol. The van der Waals surface area contributed by atoms with E-state index in [2.05, 4.69) is 80.9 Å². The van der Waals surface area contributed by atoms with Crippen molar-refractivity contribution >= 4 is 6.09 Å². The second-order valence-electron chi connectivity index (χ2n) is 11.4. The van der Waals surface area contributed by atoms with Crippen LogP contribution in [-0.2, 0) is 12.0 Å². The number of aromatic amines is 2. The lowest BCUT2D eigenvalue weighted by Gasteiger charge is -2.35. The van der Waals surface area contributed by atoms with Gasteiger partial charge in [-0.2, -0.15) is 0 Å². The van der Waals surface area contributed by atoms with E-state index in [0.717, 1.165) is 70.8 Å². The van der Waals surface area contributed by atoms with E-state index in [-0.39, 0.29) is 0 Å². The molecule has 42 heavy (non-hydrogen) atoms. The van der Waals surface area contributed by atoms with Crippen LogP contribution in [0.25, 0.3) is 33.6 Å². The largest absolute Gasteiger partial charge is 0.465 e. The van der Waals surface area contributed by atoms with Crippen LogP contribution in [0.1, 0.15) is 48.9 Å². The molecule has 2 aromatic heterocycles. The van der Waals surface area contributed by atoms with Gasteiger partial charge in [-0.05, 0) is 60.0 Å². The van der Waals surface area contributed by atoms with Crippen LogP contribution in [0.3, 0.4) is 0 Å². The average molecular weight is 559 g/mol. The molecule has 2 saturated heterocycles. The van der Waals surface area contributed by atoms with Gasteiger partial charge in [-0.3, -0.25) is 4.90 Å². The Bertz CT molecular complexity index is 1670. The van der Waals surface area contributed by atoms with Crippen molar-refractivity contribution in [2.24, 2.45) is 0 Å². The van der Waals surface area contributed by atoms with Gasteiger partial charge in [0.15, 0.2) is 0 Å². The van der Waals surface area contributed by atoms with Gasteiger partial charge >= 0.3 is 6.09 Å². The van der Waals surface area contributed by atoms with E-state index in [1.165, 1.54) is 6.42 Å². The van der Waals surface area contributed by atoms with Crippen molar-refractivity contribution in [3.05, 3.63) is 108 Å². The van der Waals surface area contributed by atoms with Crippen LogP contribution >= 0.6 is 0 Å². The number of hydrogen-bond acceptors (Lipinski definition) is 4. The van der Waals surface area contributed by atoms with Crippen LogP contribution in [0.5, 0.6) is 0 Å². The summed E-state index contributed by atoms with van der Waals surface area (Å²) in [5, 5.41) is 13.5. The molecule has 5 aromatic rings. The third-order valence-electron chi connectivity index (χ3n) is 8.79. The number of nitrogens with one attached hydrogen (secondary N) is 3. The molecule has 7 rings (SSSR count). The third-order valence-corrected chi connectivity index (χ3v) is 8.79. The quantitative estimate of drug-likeness (QED) is 0.176. The Kier molecular flexibility index (Phi) is 6.83. The van der Waals surface area contributed by atoms with Gasteiger partial charge in [-0.1, -0.05) is 78.9 Å². The molecule has 4 heterocycles. The zero-order chi connectivity index (χ0) is 28.5. The molecule has 4 N–H and O–H groups in total. The first-order valence-electron chi connectivity index (χ1n) is 14.7. The van der Waals surface area contributed by atoms with Crippen LogP contribution in [0.2, 0.25) is 0 Å². The van der Waals surface area contributed by atoms with E-state index in [0.29, 0.717) is 24.8 Å². The fourth-order valence-corrected chi connectivity index (χ4v) is 6.57. The van der Waals surface area contributed by atoms with Crippen LogP contribution < -0.4 is 5.32 Å². The Hall–Kier alpha value is -4.69. The molecule has 2 fully saturated rings. The summed E-state index contributed by atoms with van der Waals surface area (Å²) in [7, 11) is 0. The lowest BCUT2D eigenvalue weighted by atomic mass is 9.87. The highest BCUT2D eigenvalue weighted by Gasteiger charge is 2.47. The molecule has 2 aliphatic rings. The Morgan fingerprint density at radius 2 is 1.48 bits per heavy atom. The van der Waals surface area contributed by atoms with E-state index in [1.54, 1.807) is 4.90 Å². The van der Waals surface area contributed by atoms with E-state index >= 15 is 0 Å². The summed E-state index contributed by atoms with van der Waals surface area (Å²) in [5.74, 6) is 1.71. The first-order valence-corrected chi connectivity index (χ1v) is 14.7. The maximum atomic E-state index is 12.3. The number of rotatable bonds is 7. The highest BCUT2D eigenvalue weighted by Crippen LogP contribution is 2.41. The SMILES string of the molecule is O=C(O)N1CCC[C@]1(Cc1ccccc1)c1ncc(-c2ccc(-c3ccc(-c4cnc([C@@H]5CCCN5)[nH]4)cc3)cc2)[nH]1. The van der Waals surface area contributed by atoms with Gasteiger partial charge in [0.2, 0.25) is 0 Å². The van der Waals surface area contributed by atoms with Crippen LogP contribution in [0.4, 0.5) is 4.79 Å². The second kappa shape index (κ2) is 10.9. The smallest absolute Gasteiger partial charge is 0.408 e. The number of carbonyl (C=O) groups is 1. The highest BCUT2D eigenvalue weighted by atomic mass is 16.4. The van der Waals surface area contributed by atoms with Crippen molar-refractivity contribution in [2.45, 2.75) is 43.7 Å². The predicted molar refractivity (Wildman–Crippen MR) is 163 cm³/mol. The number of nitrogens with zero attached hydrogens (tertiary/aromatic N) is 3. The molecule has 212 valence electrons. The van der Waals surface area contributed by atoms with Crippen LogP contribution in [0, 0.1) is 0 Å². The minimum Gasteiger partial charge on any atom is -0.465 e. The Morgan fingerprint density at radius 1 is 0.833 bits per heavy atom. The molecule has 1 amide bonds. The van der Waals surface area contributed by atoms with E-state index in [9.17, 15) is 9.90 Å². The molecule has 2 aliphatic heterocycles. The maximum Gasteiger partial charge on any atom is 0.408 e. The Morgan fingerprint density at radius 3 is 2.12 bits per heavy atom. The van der Waals surface area contributed by atoms with E-state index < -0.39 is 11.6 Å². The van der Waals surface area contributed by atoms with Gasteiger partial charge < -0.3 is 20.4 Å². The van der Waals surface area contributed by atoms with Gasteiger partial charge in [0.1, 0.15) is 17.2 Å². The summed E-state index contributed by atoms with van der Waals surface area (Å²) in [6.07, 6.45) is 7.27. The standard InChI is InChI=1S/C34H34N6O2/c41-33(42)40-19-5-17-34(40,20-23-6-2-1-3-7-23)32-37-22-30(39-32)27-15-11-25(12-16-27)24-9-13-26(14-10-24)29-21-36-31(38-29)28-8-4-18-35-28/h1-3,6-7,9-16,21-22,28,35H,4-5,8,17-20H2,(H,36,38)(H,37,39)(H,41,42)/t28-,34-/m0/s1. The zero-order valence-corrected chi connectivity index (χ0v) is 23.4. The van der Waals surface area contributed by atoms with Crippen molar-refractivity contribution in [3.63, 3.8) is 0 Å². The summed E-state index contributed by atoms with van der Waals surface area (Å²) < 4.78 is 0. The number of H-pyrrole nitrogens is 2. The molecule has 0 spiro atoms. The molecule has 0 bridgehead atoms. The summed E-state index contributed by atoms with van der Waals surface area (Å²) >= 11 is 0. The molecule has 8 heteroatoms. The van der Waals surface area contributed by atoms with Gasteiger partial charge in [-0.15, -0.1) is 0 Å². The molecule has 0 aliphatic carbocycles. The minimum atomic E-state index is -0.907. The number of benzene rings is 3. The topological polar surface area (TPSA) is 110 Å². The summed E-state index contributed by atoms with van der Waals surface area (Å²) in [6, 6.07) is 27.3. The number of hydrogen-bond donors (Lipinski definition) is 4. The summed E-state index contributed by atoms with van der Waals surface area (Å²) in [6.45, 7) is 1.55. The van der Waals surface area contributed by atoms with Gasteiger partial charge in [0.05, 0.1) is 29.8 Å². The number of carboxylic acid groups (broad SMARTS) is 1. The van der Waals surface area contributed by atoms with Gasteiger partial charge in [0, 0.05) is 13.0 Å². The highest BCUT2D eigenvalue weighted by molar-refractivity contribution is 5.72. The zero-order valence-electron chi connectivity index (χ0n) is 23.4. The Balaban J connectivity index is 1.10. The molecule has 3 aromatic carbocycles. The lowest BCUT2D eigenvalue weighted by Crippen LogP contribution is -2.46. The van der Waals surface area contributed by atoms with Gasteiger partial charge in [0.25, 0.3) is 0 Å². The van der Waals surface area contributed by atoms with Crippen molar-refractivity contribution in [1.82, 2.24) is 30.2 Å². The fraction of sp³-hybridized carbons (Fsp3) is 0.265. The maximum absolute atomic E-state index is 12.3. The van der Waals surface area contributed by atoms with Crippen molar-refractivity contribution in [2.75, 3.05) is 13.1 Å². The van der Waals surface area contributed by atoms with Crippen molar-refractivity contribution < 1.29 is 9.90 Å². The average Bonchev–Trinajstić information content (AvgIpc) is 3.85. The van der Waals surface area contributed by atoms with Crippen molar-refractivity contribution in [1.29, 1.82) is 0 Å². The fourth-order valence-electron chi connectivity index (χ4n) is 6.57. The first kappa shape index (κ1) is 26.2. The minimum absolute atomic E-state index is 0.325. The first-order chi connectivity index (χ1) is 20.6.